The van der Waals surface area contributed by atoms with Crippen molar-refractivity contribution in [3.63, 3.8) is 0 Å². The average Bonchev–Trinajstić information content (AvgIpc) is 2.71. The summed E-state index contributed by atoms with van der Waals surface area (Å²) in [6.45, 7) is 1.73. The predicted octanol–water partition coefficient (Wildman–Crippen LogP) is 4.22. The maximum atomic E-state index is 10.8. The summed E-state index contributed by atoms with van der Waals surface area (Å²) in [7, 11) is 0. The molecule has 0 saturated carbocycles. The predicted molar refractivity (Wildman–Crippen MR) is 97.4 cm³/mol. The highest BCUT2D eigenvalue weighted by atomic mass is 35.5. The zero-order valence-electron chi connectivity index (χ0n) is 13.7. The lowest BCUT2D eigenvalue weighted by molar-refractivity contribution is 0.122. The van der Waals surface area contributed by atoms with Crippen molar-refractivity contribution in [2.75, 3.05) is 13.1 Å². The molecule has 0 aromatic carbocycles. The molecule has 2 nitrogen and oxygen atoms in total. The van der Waals surface area contributed by atoms with Crippen LogP contribution in [0.15, 0.2) is 69.5 Å². The van der Waals surface area contributed by atoms with Crippen LogP contribution in [-0.2, 0) is 0 Å². The van der Waals surface area contributed by atoms with E-state index < -0.39 is 0 Å². The first-order chi connectivity index (χ1) is 11.7. The third-order valence-corrected chi connectivity index (χ3v) is 6.39. The topological polar surface area (TPSA) is 23.5 Å². The molecule has 3 atom stereocenters. The summed E-state index contributed by atoms with van der Waals surface area (Å²) in [5.41, 5.74) is 7.08. The Balaban J connectivity index is 1.72. The molecule has 2 heterocycles. The van der Waals surface area contributed by atoms with E-state index in [4.69, 9.17) is 11.6 Å². The lowest BCUT2D eigenvalue weighted by Crippen LogP contribution is -2.39. The maximum Gasteiger partial charge on any atom is 0.0649 e. The number of aliphatic hydroxyl groups excluding tert-OH is 1. The summed E-state index contributed by atoms with van der Waals surface area (Å²) < 4.78 is 0. The van der Waals surface area contributed by atoms with Gasteiger partial charge in [0.15, 0.2) is 0 Å². The van der Waals surface area contributed by atoms with Crippen LogP contribution in [0.2, 0.25) is 0 Å². The number of piperidine rings is 1. The minimum absolute atomic E-state index is 0.262. The van der Waals surface area contributed by atoms with Crippen LogP contribution in [0, 0.1) is 11.8 Å². The molecule has 5 rings (SSSR count). The zero-order valence-corrected chi connectivity index (χ0v) is 14.5. The van der Waals surface area contributed by atoms with Gasteiger partial charge in [0.2, 0.25) is 0 Å². The molecule has 1 fully saturated rings. The molecule has 124 valence electrons. The van der Waals surface area contributed by atoms with Gasteiger partial charge in [-0.25, -0.2) is 0 Å². The third-order valence-electron chi connectivity index (χ3n) is 6.14. The maximum absolute atomic E-state index is 10.8. The van der Waals surface area contributed by atoms with Gasteiger partial charge in [0, 0.05) is 29.1 Å². The van der Waals surface area contributed by atoms with Gasteiger partial charge in [0.1, 0.15) is 0 Å². The number of nitrogens with zero attached hydrogens (tertiary/aromatic N) is 1. The number of rotatable bonds is 0. The summed E-state index contributed by atoms with van der Waals surface area (Å²) in [4.78, 5) is 2.44. The van der Waals surface area contributed by atoms with Crippen molar-refractivity contribution in [3.05, 3.63) is 69.5 Å². The molecule has 0 aromatic heterocycles. The van der Waals surface area contributed by atoms with E-state index in [2.05, 4.69) is 41.4 Å². The van der Waals surface area contributed by atoms with Crippen molar-refractivity contribution < 1.29 is 5.11 Å². The molecule has 0 spiro atoms. The van der Waals surface area contributed by atoms with E-state index in [1.807, 2.05) is 0 Å². The largest absolute Gasteiger partial charge is 0.392 e. The Hall–Kier alpha value is -1.51. The first-order valence-electron chi connectivity index (χ1n) is 9.01. The lowest BCUT2D eigenvalue weighted by atomic mass is 9.74. The van der Waals surface area contributed by atoms with Crippen molar-refractivity contribution in [2.24, 2.45) is 11.8 Å². The van der Waals surface area contributed by atoms with Crippen molar-refractivity contribution in [1.29, 1.82) is 0 Å². The highest BCUT2D eigenvalue weighted by Crippen LogP contribution is 2.49. The second-order valence-corrected chi connectivity index (χ2v) is 7.97. The molecule has 3 unspecified atom stereocenters. The molecule has 5 aliphatic rings. The fourth-order valence-electron chi connectivity index (χ4n) is 5.10. The monoisotopic (exact) mass is 339 g/mol. The molecule has 0 radical (unpaired) electrons. The van der Waals surface area contributed by atoms with Gasteiger partial charge in [-0.1, -0.05) is 35.9 Å². The first-order valence-corrected chi connectivity index (χ1v) is 9.39. The van der Waals surface area contributed by atoms with Crippen LogP contribution >= 0.6 is 11.6 Å². The summed E-state index contributed by atoms with van der Waals surface area (Å²) in [5.74, 6) is 0.703. The standard InChI is InChI=1S/C21H22ClNO/c22-14-8-9-19-17-7-3-4-13-10-20(24)16-6-2-1-5-15(16)18(21(13)17)12-23(19)11-14/h1,3-5,8-9,16-17,20,24H,2,6-7,10-12H2. The van der Waals surface area contributed by atoms with Crippen LogP contribution in [0.3, 0.4) is 0 Å². The fourth-order valence-corrected chi connectivity index (χ4v) is 5.31. The van der Waals surface area contributed by atoms with Crippen molar-refractivity contribution in [1.82, 2.24) is 4.90 Å². The molecule has 1 saturated heterocycles. The molecule has 0 aromatic rings. The molecule has 3 heteroatoms. The van der Waals surface area contributed by atoms with Gasteiger partial charge in [0.25, 0.3) is 0 Å². The van der Waals surface area contributed by atoms with Gasteiger partial charge in [-0.3, -0.25) is 0 Å². The molecular formula is C21H22ClNO. The van der Waals surface area contributed by atoms with Crippen LogP contribution in [0.1, 0.15) is 25.7 Å². The summed E-state index contributed by atoms with van der Waals surface area (Å²) in [6.07, 6.45) is 17.1. The normalized spacial score (nSPS) is 34.2. The van der Waals surface area contributed by atoms with E-state index in [0.717, 1.165) is 43.8 Å². The number of aliphatic hydroxyl groups is 1. The van der Waals surface area contributed by atoms with E-state index in [1.54, 1.807) is 0 Å². The van der Waals surface area contributed by atoms with E-state index in [-0.39, 0.29) is 12.0 Å². The quantitative estimate of drug-likeness (QED) is 0.714. The Labute approximate surface area is 148 Å². The smallest absolute Gasteiger partial charge is 0.0649 e. The van der Waals surface area contributed by atoms with Gasteiger partial charge in [-0.05, 0) is 60.1 Å². The number of hydrogen-bond donors (Lipinski definition) is 1. The number of allylic oxidation sites excluding steroid dienone is 7. The summed E-state index contributed by atoms with van der Waals surface area (Å²) >= 11 is 6.32. The first kappa shape index (κ1) is 14.8. The second-order valence-electron chi connectivity index (χ2n) is 7.48. The van der Waals surface area contributed by atoms with Crippen LogP contribution in [0.5, 0.6) is 0 Å². The Bertz CT molecular complexity index is 780. The average molecular weight is 340 g/mol. The van der Waals surface area contributed by atoms with Gasteiger partial charge in [0.05, 0.1) is 12.6 Å². The van der Waals surface area contributed by atoms with Crippen LogP contribution in [0.4, 0.5) is 0 Å². The molecule has 24 heavy (non-hydrogen) atoms. The summed E-state index contributed by atoms with van der Waals surface area (Å²) in [5, 5.41) is 11.8. The molecule has 2 aliphatic heterocycles. The van der Waals surface area contributed by atoms with Crippen molar-refractivity contribution in [2.45, 2.75) is 31.8 Å². The van der Waals surface area contributed by atoms with Gasteiger partial charge < -0.3 is 10.0 Å². The highest BCUT2D eigenvalue weighted by molar-refractivity contribution is 6.30. The Morgan fingerprint density at radius 1 is 1.12 bits per heavy atom. The van der Waals surface area contributed by atoms with E-state index >= 15 is 0 Å². The van der Waals surface area contributed by atoms with Crippen LogP contribution in [0.25, 0.3) is 0 Å². The Kier molecular flexibility index (Phi) is 3.39. The van der Waals surface area contributed by atoms with E-state index in [0.29, 0.717) is 5.92 Å². The van der Waals surface area contributed by atoms with E-state index in [1.165, 1.54) is 28.0 Å². The Morgan fingerprint density at radius 2 is 2.04 bits per heavy atom. The fraction of sp³-hybridized carbons (Fsp3) is 0.429. The number of fused-ring (bicyclic) bond motifs is 3. The van der Waals surface area contributed by atoms with Crippen molar-refractivity contribution in [3.8, 4) is 0 Å². The molecule has 0 bridgehead atoms. The van der Waals surface area contributed by atoms with Crippen molar-refractivity contribution >= 4 is 11.6 Å². The highest BCUT2D eigenvalue weighted by Gasteiger charge is 2.40. The molecule has 0 amide bonds. The summed E-state index contributed by atoms with van der Waals surface area (Å²) in [6, 6.07) is 0. The number of halogens is 1. The molecule has 1 N–H and O–H groups in total. The minimum atomic E-state index is -0.262. The van der Waals surface area contributed by atoms with Gasteiger partial charge in [-0.2, -0.15) is 0 Å². The lowest BCUT2D eigenvalue weighted by Gasteiger charge is -2.44. The Morgan fingerprint density at radius 3 is 2.96 bits per heavy atom. The van der Waals surface area contributed by atoms with Gasteiger partial charge in [-0.15, -0.1) is 0 Å². The van der Waals surface area contributed by atoms with Crippen LogP contribution in [-0.4, -0.2) is 29.2 Å². The zero-order chi connectivity index (χ0) is 16.3. The molecular weight excluding hydrogens is 318 g/mol. The van der Waals surface area contributed by atoms with Crippen LogP contribution < -0.4 is 0 Å². The third kappa shape index (κ3) is 2.13. The van der Waals surface area contributed by atoms with E-state index in [9.17, 15) is 5.11 Å². The van der Waals surface area contributed by atoms with Gasteiger partial charge >= 0.3 is 0 Å². The SMILES string of the molecule is OC1CC2=C3C(=C4C=CCCC41)CN1CC(Cl)=CC=C1C3CC=C2. The minimum Gasteiger partial charge on any atom is -0.392 e. The second kappa shape index (κ2) is 5.50. The molecule has 3 aliphatic carbocycles. The number of hydrogen-bond acceptors (Lipinski definition) is 2.